The summed E-state index contributed by atoms with van der Waals surface area (Å²) >= 11 is 1.44. The second-order valence-electron chi connectivity index (χ2n) is 6.77. The summed E-state index contributed by atoms with van der Waals surface area (Å²) in [5, 5.41) is 12.6. The fourth-order valence-corrected chi connectivity index (χ4v) is 4.16. The second-order valence-corrected chi connectivity index (χ2v) is 7.71. The van der Waals surface area contributed by atoms with Crippen LogP contribution in [0.25, 0.3) is 17.0 Å². The number of nitrogens with zero attached hydrogens (tertiary/aromatic N) is 8. The van der Waals surface area contributed by atoms with Gasteiger partial charge in [0, 0.05) is 25.2 Å². The molecule has 0 unspecified atom stereocenters. The third kappa shape index (κ3) is 3.01. The lowest BCUT2D eigenvalue weighted by Gasteiger charge is -2.07. The van der Waals surface area contributed by atoms with E-state index in [0.717, 1.165) is 22.7 Å². The first kappa shape index (κ1) is 18.4. The van der Waals surface area contributed by atoms with E-state index >= 15 is 0 Å². The molecule has 5 rings (SSSR count). The van der Waals surface area contributed by atoms with Gasteiger partial charge in [0.1, 0.15) is 5.65 Å². The molecule has 9 nitrogen and oxygen atoms in total. The van der Waals surface area contributed by atoms with Gasteiger partial charge in [-0.1, -0.05) is 36.0 Å². The molecule has 0 N–H and O–H groups in total. The molecule has 0 aliphatic rings. The van der Waals surface area contributed by atoms with Crippen LogP contribution in [0.4, 0.5) is 0 Å². The number of para-hydroxylation sites is 1. The molecule has 4 aromatic heterocycles. The average molecular weight is 418 g/mol. The summed E-state index contributed by atoms with van der Waals surface area (Å²) in [5.41, 5.74) is 3.61. The van der Waals surface area contributed by atoms with Gasteiger partial charge in [-0.15, -0.1) is 5.10 Å². The zero-order valence-corrected chi connectivity index (χ0v) is 17.2. The number of fused-ring (bicyclic) bond motifs is 1. The maximum Gasteiger partial charge on any atom is 0.297 e. The number of rotatable bonds is 5. The van der Waals surface area contributed by atoms with E-state index in [1.165, 1.54) is 16.4 Å². The first-order valence-corrected chi connectivity index (χ1v) is 10.3. The Morgan fingerprint density at radius 3 is 2.67 bits per heavy atom. The first-order valence-electron chi connectivity index (χ1n) is 9.31. The Kier molecular flexibility index (Phi) is 4.47. The van der Waals surface area contributed by atoms with Gasteiger partial charge >= 0.3 is 0 Å². The van der Waals surface area contributed by atoms with Crippen molar-refractivity contribution in [3.8, 4) is 11.4 Å². The number of hydrogen-bond donors (Lipinski definition) is 0. The Morgan fingerprint density at radius 1 is 1.07 bits per heavy atom. The van der Waals surface area contributed by atoms with Crippen molar-refractivity contribution in [1.82, 2.24) is 39.0 Å². The van der Waals surface area contributed by atoms with E-state index in [1.807, 2.05) is 84.0 Å². The Bertz CT molecular complexity index is 1360. The van der Waals surface area contributed by atoms with Crippen LogP contribution in [0.3, 0.4) is 0 Å². The first-order chi connectivity index (χ1) is 14.6. The number of aromatic nitrogens is 8. The molecule has 0 atom stereocenters. The van der Waals surface area contributed by atoms with Crippen LogP contribution >= 0.6 is 11.8 Å². The summed E-state index contributed by atoms with van der Waals surface area (Å²) in [7, 11) is 1.85. The van der Waals surface area contributed by atoms with Gasteiger partial charge in [0.05, 0.1) is 17.1 Å². The second kappa shape index (κ2) is 7.30. The normalized spacial score (nSPS) is 11.4. The number of tetrazole rings is 1. The van der Waals surface area contributed by atoms with Crippen LogP contribution in [-0.2, 0) is 12.8 Å². The highest BCUT2D eigenvalue weighted by molar-refractivity contribution is 7.98. The Morgan fingerprint density at radius 2 is 1.87 bits per heavy atom. The molecule has 0 aliphatic heterocycles. The van der Waals surface area contributed by atoms with Gasteiger partial charge in [-0.25, -0.2) is 9.67 Å². The fraction of sp³-hybridized carbons (Fsp3) is 0.150. The van der Waals surface area contributed by atoms with E-state index in [2.05, 4.69) is 20.5 Å². The van der Waals surface area contributed by atoms with Gasteiger partial charge in [0.15, 0.2) is 5.69 Å². The van der Waals surface area contributed by atoms with E-state index in [-0.39, 0.29) is 5.56 Å². The van der Waals surface area contributed by atoms with E-state index in [0.29, 0.717) is 16.6 Å². The molecule has 0 saturated carbocycles. The van der Waals surface area contributed by atoms with Crippen molar-refractivity contribution < 1.29 is 0 Å². The smallest absolute Gasteiger partial charge is 0.297 e. The fourth-order valence-electron chi connectivity index (χ4n) is 3.40. The highest BCUT2D eigenvalue weighted by Crippen LogP contribution is 2.23. The predicted octanol–water partition coefficient (Wildman–Crippen LogP) is 2.40. The maximum absolute atomic E-state index is 13.3. The predicted molar refractivity (Wildman–Crippen MR) is 113 cm³/mol. The molecule has 30 heavy (non-hydrogen) atoms. The minimum atomic E-state index is -0.178. The van der Waals surface area contributed by atoms with Gasteiger partial charge in [0.25, 0.3) is 5.56 Å². The van der Waals surface area contributed by atoms with Crippen molar-refractivity contribution in [1.29, 1.82) is 0 Å². The van der Waals surface area contributed by atoms with Crippen molar-refractivity contribution in [2.75, 3.05) is 0 Å². The topological polar surface area (TPSA) is 87.8 Å². The van der Waals surface area contributed by atoms with Crippen LogP contribution in [0.1, 0.15) is 11.4 Å². The summed E-state index contributed by atoms with van der Waals surface area (Å²) in [4.78, 5) is 17.9. The Hall–Kier alpha value is -3.66. The van der Waals surface area contributed by atoms with Crippen molar-refractivity contribution in [2.45, 2.75) is 17.8 Å². The van der Waals surface area contributed by atoms with Crippen LogP contribution in [-0.4, -0.2) is 39.0 Å². The lowest BCUT2D eigenvalue weighted by atomic mass is 10.3. The number of thioether (sulfide) groups is 1. The van der Waals surface area contributed by atoms with Crippen LogP contribution in [0.15, 0.2) is 70.9 Å². The summed E-state index contributed by atoms with van der Waals surface area (Å²) < 4.78 is 6.91. The lowest BCUT2D eigenvalue weighted by Crippen LogP contribution is -2.22. The zero-order chi connectivity index (χ0) is 20.7. The molecule has 0 amide bonds. The van der Waals surface area contributed by atoms with Crippen LogP contribution in [0.5, 0.6) is 0 Å². The quantitative estimate of drug-likeness (QED) is 0.407. The van der Waals surface area contributed by atoms with Gasteiger partial charge < -0.3 is 4.40 Å². The minimum Gasteiger partial charge on any atom is -0.307 e. The monoisotopic (exact) mass is 418 g/mol. The largest absolute Gasteiger partial charge is 0.307 e. The third-order valence-electron chi connectivity index (χ3n) is 4.94. The average Bonchev–Trinajstić information content (AvgIpc) is 3.44. The standard InChI is InChI=1S/C20H18N8OS/c1-14-18(19(29)28(25(14)2)16-8-4-3-5-9-16)27-20(22-23-24-27)30-13-15-12-26-11-7-6-10-17(26)21-15/h3-12H,13H2,1-2H3. The van der Waals surface area contributed by atoms with Gasteiger partial charge in [-0.3, -0.25) is 9.48 Å². The van der Waals surface area contributed by atoms with E-state index in [9.17, 15) is 4.79 Å². The van der Waals surface area contributed by atoms with Gasteiger partial charge in [-0.05, 0) is 41.6 Å². The highest BCUT2D eigenvalue weighted by Gasteiger charge is 2.22. The van der Waals surface area contributed by atoms with Crippen LogP contribution < -0.4 is 5.56 Å². The SMILES string of the molecule is Cc1c(-n2nnnc2SCc2cn3ccccc3n2)c(=O)n(-c2ccccc2)n1C. The Balaban J connectivity index is 1.49. The van der Waals surface area contributed by atoms with Crippen LogP contribution in [0, 0.1) is 6.92 Å². The third-order valence-corrected chi connectivity index (χ3v) is 5.89. The van der Waals surface area contributed by atoms with Crippen LogP contribution in [0.2, 0.25) is 0 Å². The summed E-state index contributed by atoms with van der Waals surface area (Å²) in [6, 6.07) is 15.4. The molecule has 10 heteroatoms. The summed E-state index contributed by atoms with van der Waals surface area (Å²) in [6.07, 6.45) is 3.94. The molecule has 5 aromatic rings. The molecule has 0 fully saturated rings. The minimum absolute atomic E-state index is 0.178. The zero-order valence-electron chi connectivity index (χ0n) is 16.4. The molecule has 0 spiro atoms. The van der Waals surface area contributed by atoms with E-state index in [4.69, 9.17) is 0 Å². The van der Waals surface area contributed by atoms with E-state index in [1.54, 1.807) is 4.68 Å². The number of hydrogen-bond acceptors (Lipinski definition) is 6. The maximum atomic E-state index is 13.3. The number of imidazole rings is 1. The van der Waals surface area contributed by atoms with Crippen molar-refractivity contribution in [3.63, 3.8) is 0 Å². The molecule has 150 valence electrons. The van der Waals surface area contributed by atoms with Crippen molar-refractivity contribution in [2.24, 2.45) is 7.05 Å². The van der Waals surface area contributed by atoms with Gasteiger partial charge in [-0.2, -0.15) is 4.68 Å². The molecule has 0 bridgehead atoms. The molecule has 4 heterocycles. The molecule has 1 aromatic carbocycles. The molecular weight excluding hydrogens is 400 g/mol. The molecule has 0 saturated heterocycles. The lowest BCUT2D eigenvalue weighted by molar-refractivity contribution is 0.630. The molecule has 0 radical (unpaired) electrons. The number of pyridine rings is 1. The molecule has 0 aliphatic carbocycles. The van der Waals surface area contributed by atoms with Crippen molar-refractivity contribution in [3.05, 3.63) is 82.7 Å². The van der Waals surface area contributed by atoms with E-state index < -0.39 is 0 Å². The summed E-state index contributed by atoms with van der Waals surface area (Å²) in [6.45, 7) is 1.88. The number of benzene rings is 1. The molecular formula is C20H18N8OS. The van der Waals surface area contributed by atoms with Gasteiger partial charge in [0.2, 0.25) is 5.16 Å². The Labute approximate surface area is 175 Å². The summed E-state index contributed by atoms with van der Waals surface area (Å²) in [5.74, 6) is 0.584. The van der Waals surface area contributed by atoms with Crippen molar-refractivity contribution >= 4 is 17.4 Å². The highest BCUT2D eigenvalue weighted by atomic mass is 32.2.